The Hall–Kier alpha value is -2.94. The summed E-state index contributed by atoms with van der Waals surface area (Å²) in [6.07, 6.45) is 1.01. The first kappa shape index (κ1) is 29.6. The van der Waals surface area contributed by atoms with Crippen molar-refractivity contribution in [1.29, 1.82) is 0 Å². The smallest absolute Gasteiger partial charge is 0.243 e. The third kappa shape index (κ3) is 9.42. The van der Waals surface area contributed by atoms with E-state index in [1.165, 1.54) is 0 Å². The minimum absolute atomic E-state index is 0.162. The maximum absolute atomic E-state index is 13.5. The Morgan fingerprint density at radius 2 is 1.66 bits per heavy atom. The first-order valence-corrected chi connectivity index (χ1v) is 13.5. The van der Waals surface area contributed by atoms with Gasteiger partial charge in [-0.1, -0.05) is 56.3 Å². The van der Waals surface area contributed by atoms with Crippen molar-refractivity contribution in [1.82, 2.24) is 15.5 Å². The zero-order valence-electron chi connectivity index (χ0n) is 23.1. The van der Waals surface area contributed by atoms with Gasteiger partial charge in [0.05, 0.1) is 31.4 Å². The molecule has 2 aromatic rings. The van der Waals surface area contributed by atoms with Crippen LogP contribution in [0.25, 0.3) is 0 Å². The first-order chi connectivity index (χ1) is 18.2. The van der Waals surface area contributed by atoms with Gasteiger partial charge in [0.2, 0.25) is 11.8 Å². The maximum atomic E-state index is 13.5. The third-order valence-electron chi connectivity index (χ3n) is 6.59. The molecular formula is C30H43N3O5. The van der Waals surface area contributed by atoms with Gasteiger partial charge in [-0.25, -0.2) is 0 Å². The predicted octanol–water partition coefficient (Wildman–Crippen LogP) is 2.93. The second-order valence-electron chi connectivity index (χ2n) is 11.0. The van der Waals surface area contributed by atoms with Crippen molar-refractivity contribution < 1.29 is 24.2 Å². The summed E-state index contributed by atoms with van der Waals surface area (Å²) in [5, 5.41) is 15.6. The molecular weight excluding hydrogens is 482 g/mol. The molecule has 1 heterocycles. The van der Waals surface area contributed by atoms with E-state index in [1.807, 2.05) is 54.6 Å². The van der Waals surface area contributed by atoms with Gasteiger partial charge >= 0.3 is 0 Å². The number of hydrogen-bond donors (Lipinski definition) is 3. The number of hydrogen-bond acceptors (Lipinski definition) is 6. The summed E-state index contributed by atoms with van der Waals surface area (Å²) < 4.78 is 11.4. The highest BCUT2D eigenvalue weighted by Gasteiger charge is 2.32. The van der Waals surface area contributed by atoms with Gasteiger partial charge in [-0.05, 0) is 49.4 Å². The standard InChI is InChI=1S/C30H43N3O5/c1-22(2)18-27(33-14-16-37-17-15-33)29(36)31-26(28(35)32-30(3,4)21-34)19-23-10-12-25(13-11-23)38-20-24-8-6-5-7-9-24/h5-13,22,26-27,34H,14-21H2,1-4H3,(H,31,36)(H,32,35)/t26-,27-/m0/s1. The quantitative estimate of drug-likeness (QED) is 0.372. The lowest BCUT2D eigenvalue weighted by molar-refractivity contribution is -0.134. The number of rotatable bonds is 13. The van der Waals surface area contributed by atoms with Crippen molar-refractivity contribution in [3.8, 4) is 5.75 Å². The van der Waals surface area contributed by atoms with Crippen LogP contribution in [0.2, 0.25) is 0 Å². The van der Waals surface area contributed by atoms with Crippen LogP contribution >= 0.6 is 0 Å². The van der Waals surface area contributed by atoms with Crippen LogP contribution in [-0.2, 0) is 27.4 Å². The minimum atomic E-state index is -0.809. The van der Waals surface area contributed by atoms with Crippen LogP contribution in [0.3, 0.4) is 0 Å². The Bertz CT molecular complexity index is 1000. The van der Waals surface area contributed by atoms with E-state index in [0.717, 1.165) is 16.9 Å². The molecule has 0 saturated carbocycles. The lowest BCUT2D eigenvalue weighted by atomic mass is 9.99. The summed E-state index contributed by atoms with van der Waals surface area (Å²) >= 11 is 0. The number of nitrogens with one attached hydrogen (secondary N) is 2. The highest BCUT2D eigenvalue weighted by molar-refractivity contribution is 5.90. The Labute approximate surface area is 226 Å². The van der Waals surface area contributed by atoms with Crippen molar-refractivity contribution in [3.05, 3.63) is 65.7 Å². The van der Waals surface area contributed by atoms with E-state index in [-0.39, 0.29) is 24.5 Å². The van der Waals surface area contributed by atoms with Crippen molar-refractivity contribution in [2.75, 3.05) is 32.9 Å². The number of benzene rings is 2. The van der Waals surface area contributed by atoms with Crippen LogP contribution in [0, 0.1) is 5.92 Å². The van der Waals surface area contributed by atoms with E-state index < -0.39 is 11.6 Å². The molecule has 0 bridgehead atoms. The molecule has 38 heavy (non-hydrogen) atoms. The highest BCUT2D eigenvalue weighted by Crippen LogP contribution is 2.18. The van der Waals surface area contributed by atoms with E-state index in [2.05, 4.69) is 29.4 Å². The lowest BCUT2D eigenvalue weighted by Crippen LogP contribution is -2.59. The molecule has 8 heteroatoms. The molecule has 0 aliphatic carbocycles. The van der Waals surface area contributed by atoms with Gasteiger partial charge in [-0.3, -0.25) is 14.5 Å². The highest BCUT2D eigenvalue weighted by atomic mass is 16.5. The Kier molecular flexibility index (Phi) is 11.1. The van der Waals surface area contributed by atoms with Crippen molar-refractivity contribution in [2.24, 2.45) is 5.92 Å². The molecule has 2 aromatic carbocycles. The number of amides is 2. The SMILES string of the molecule is CC(C)C[C@@H](C(=O)N[C@@H](Cc1ccc(OCc2ccccc2)cc1)C(=O)NC(C)(C)CO)N1CCOCC1. The number of ether oxygens (including phenoxy) is 2. The molecule has 3 N–H and O–H groups in total. The molecule has 1 aliphatic rings. The summed E-state index contributed by atoms with van der Waals surface area (Å²) in [7, 11) is 0. The fourth-order valence-electron chi connectivity index (χ4n) is 4.39. The number of aliphatic hydroxyl groups excluding tert-OH is 1. The van der Waals surface area contributed by atoms with Gasteiger partial charge in [-0.15, -0.1) is 0 Å². The second-order valence-corrected chi connectivity index (χ2v) is 11.0. The fraction of sp³-hybridized carbons (Fsp3) is 0.533. The van der Waals surface area contributed by atoms with E-state index in [0.29, 0.717) is 51.7 Å². The fourth-order valence-corrected chi connectivity index (χ4v) is 4.39. The summed E-state index contributed by atoms with van der Waals surface area (Å²) in [4.78, 5) is 29.0. The molecule has 2 amide bonds. The van der Waals surface area contributed by atoms with Crippen LogP contribution in [0.1, 0.15) is 45.2 Å². The van der Waals surface area contributed by atoms with Crippen LogP contribution in [-0.4, -0.2) is 72.4 Å². The Morgan fingerprint density at radius 1 is 1.00 bits per heavy atom. The van der Waals surface area contributed by atoms with E-state index in [1.54, 1.807) is 13.8 Å². The van der Waals surface area contributed by atoms with E-state index in [9.17, 15) is 14.7 Å². The number of carbonyl (C=O) groups is 2. The van der Waals surface area contributed by atoms with Crippen LogP contribution in [0.4, 0.5) is 0 Å². The maximum Gasteiger partial charge on any atom is 0.243 e. The number of nitrogens with zero attached hydrogens (tertiary/aromatic N) is 1. The summed E-state index contributed by atoms with van der Waals surface area (Å²) in [6.45, 7) is 10.5. The van der Waals surface area contributed by atoms with Gasteiger partial charge in [0, 0.05) is 19.5 Å². The third-order valence-corrected chi connectivity index (χ3v) is 6.59. The van der Waals surface area contributed by atoms with Crippen LogP contribution in [0.5, 0.6) is 5.75 Å². The predicted molar refractivity (Wildman–Crippen MR) is 148 cm³/mol. The summed E-state index contributed by atoms with van der Waals surface area (Å²) in [5.74, 6) is 0.559. The molecule has 0 radical (unpaired) electrons. The average Bonchev–Trinajstić information content (AvgIpc) is 2.91. The molecule has 8 nitrogen and oxygen atoms in total. The monoisotopic (exact) mass is 525 g/mol. The van der Waals surface area contributed by atoms with Gasteiger partial charge in [0.15, 0.2) is 0 Å². The van der Waals surface area contributed by atoms with Gasteiger partial charge in [0.1, 0.15) is 18.4 Å². The Balaban J connectivity index is 1.72. The molecule has 0 spiro atoms. The van der Waals surface area contributed by atoms with E-state index >= 15 is 0 Å². The zero-order valence-corrected chi connectivity index (χ0v) is 23.1. The molecule has 3 rings (SSSR count). The van der Waals surface area contributed by atoms with Crippen molar-refractivity contribution in [3.63, 3.8) is 0 Å². The summed E-state index contributed by atoms with van der Waals surface area (Å²) in [5.41, 5.74) is 1.17. The first-order valence-electron chi connectivity index (χ1n) is 13.5. The molecule has 208 valence electrons. The van der Waals surface area contributed by atoms with Gasteiger partial charge in [-0.2, -0.15) is 0 Å². The summed E-state index contributed by atoms with van der Waals surface area (Å²) in [6, 6.07) is 16.4. The van der Waals surface area contributed by atoms with Crippen molar-refractivity contribution >= 4 is 11.8 Å². The molecule has 1 saturated heterocycles. The number of carbonyl (C=O) groups excluding carboxylic acids is 2. The van der Waals surface area contributed by atoms with Crippen LogP contribution < -0.4 is 15.4 Å². The number of aliphatic hydroxyl groups is 1. The zero-order chi connectivity index (χ0) is 27.5. The Morgan fingerprint density at radius 3 is 2.26 bits per heavy atom. The molecule has 0 aromatic heterocycles. The van der Waals surface area contributed by atoms with Crippen LogP contribution in [0.15, 0.2) is 54.6 Å². The topological polar surface area (TPSA) is 100 Å². The largest absolute Gasteiger partial charge is 0.489 e. The van der Waals surface area contributed by atoms with Gasteiger partial charge < -0.3 is 25.2 Å². The minimum Gasteiger partial charge on any atom is -0.489 e. The second kappa shape index (κ2) is 14.3. The normalized spacial score (nSPS) is 16.1. The van der Waals surface area contributed by atoms with Crippen molar-refractivity contribution in [2.45, 2.75) is 64.8 Å². The number of morpholine rings is 1. The average molecular weight is 526 g/mol. The lowest BCUT2D eigenvalue weighted by Gasteiger charge is -2.35. The molecule has 2 atom stereocenters. The molecule has 0 unspecified atom stereocenters. The molecule has 1 aliphatic heterocycles. The molecule has 1 fully saturated rings. The van der Waals surface area contributed by atoms with E-state index in [4.69, 9.17) is 9.47 Å². The van der Waals surface area contributed by atoms with Gasteiger partial charge in [0.25, 0.3) is 0 Å².